The molecule has 0 heterocycles. The molecule has 0 aromatic heterocycles. The molecule has 0 aliphatic heterocycles. The summed E-state index contributed by atoms with van der Waals surface area (Å²) in [6.07, 6.45) is -11.7. The quantitative estimate of drug-likeness (QED) is 0.622. The maximum Gasteiger partial charge on any atom is 0.413 e. The third kappa shape index (κ3) is 3.45. The standard InChI is InChI=1S/C12H9F7O2/c1-10(11(14,15)16,12(17,18)19)9(20)21-6-7-2-4-8(13)5-3-7/h2-5H,6H2,1H3. The monoisotopic (exact) mass is 318 g/mol. The van der Waals surface area contributed by atoms with Gasteiger partial charge in [-0.15, -0.1) is 0 Å². The summed E-state index contributed by atoms with van der Waals surface area (Å²) < 4.78 is 92.0. The Hall–Kier alpha value is -1.80. The van der Waals surface area contributed by atoms with E-state index in [1.807, 2.05) is 0 Å². The highest BCUT2D eigenvalue weighted by atomic mass is 19.4. The van der Waals surface area contributed by atoms with Crippen LogP contribution in [0.3, 0.4) is 0 Å². The number of alkyl halides is 6. The highest BCUT2D eigenvalue weighted by Gasteiger charge is 2.73. The van der Waals surface area contributed by atoms with E-state index < -0.39 is 36.2 Å². The van der Waals surface area contributed by atoms with Crippen LogP contribution in [-0.2, 0) is 16.1 Å². The number of carbonyl (C=O) groups is 1. The van der Waals surface area contributed by atoms with Gasteiger partial charge in [0, 0.05) is 0 Å². The summed E-state index contributed by atoms with van der Waals surface area (Å²) in [6, 6.07) is 3.99. The molecule has 0 saturated heterocycles. The van der Waals surface area contributed by atoms with Crippen molar-refractivity contribution in [2.45, 2.75) is 25.9 Å². The van der Waals surface area contributed by atoms with Crippen molar-refractivity contribution >= 4 is 5.97 Å². The molecule has 0 radical (unpaired) electrons. The fraction of sp³-hybridized carbons (Fsp3) is 0.417. The van der Waals surface area contributed by atoms with E-state index in [0.29, 0.717) is 0 Å². The van der Waals surface area contributed by atoms with E-state index in [0.717, 1.165) is 24.3 Å². The molecule has 0 N–H and O–H groups in total. The van der Waals surface area contributed by atoms with Crippen molar-refractivity contribution in [1.82, 2.24) is 0 Å². The molecule has 2 nitrogen and oxygen atoms in total. The number of halogens is 7. The number of ether oxygens (including phenoxy) is 1. The molecule has 0 spiro atoms. The Morgan fingerprint density at radius 2 is 1.43 bits per heavy atom. The number of rotatable bonds is 3. The smallest absolute Gasteiger partial charge is 0.413 e. The lowest BCUT2D eigenvalue weighted by Gasteiger charge is -2.31. The van der Waals surface area contributed by atoms with Gasteiger partial charge in [-0.25, -0.2) is 4.39 Å². The van der Waals surface area contributed by atoms with Gasteiger partial charge < -0.3 is 4.74 Å². The first-order valence-electron chi connectivity index (χ1n) is 5.44. The SMILES string of the molecule is CC(C(=O)OCc1ccc(F)cc1)(C(F)(F)F)C(F)(F)F. The predicted molar refractivity (Wildman–Crippen MR) is 56.4 cm³/mol. The molecule has 0 atom stereocenters. The lowest BCUT2D eigenvalue weighted by atomic mass is 9.89. The molecule has 1 rings (SSSR count). The molecular weight excluding hydrogens is 309 g/mol. The van der Waals surface area contributed by atoms with Crippen LogP contribution in [0.2, 0.25) is 0 Å². The molecule has 1 aromatic rings. The Kier molecular flexibility index (Phi) is 4.54. The van der Waals surface area contributed by atoms with Crippen molar-refractivity contribution in [1.29, 1.82) is 0 Å². The minimum absolute atomic E-state index is 0.0523. The van der Waals surface area contributed by atoms with Crippen LogP contribution in [0.1, 0.15) is 12.5 Å². The van der Waals surface area contributed by atoms with Crippen molar-refractivity contribution in [3.05, 3.63) is 35.6 Å². The van der Waals surface area contributed by atoms with Crippen LogP contribution in [-0.4, -0.2) is 18.3 Å². The first-order chi connectivity index (χ1) is 9.39. The van der Waals surface area contributed by atoms with Crippen LogP contribution in [0.15, 0.2) is 24.3 Å². The number of esters is 1. The van der Waals surface area contributed by atoms with Crippen molar-refractivity contribution in [3.63, 3.8) is 0 Å². The minimum Gasteiger partial charge on any atom is -0.460 e. The van der Waals surface area contributed by atoms with E-state index >= 15 is 0 Å². The molecule has 1 aromatic carbocycles. The molecule has 9 heteroatoms. The second-order valence-corrected chi connectivity index (χ2v) is 4.32. The van der Waals surface area contributed by atoms with Crippen molar-refractivity contribution < 1.29 is 40.3 Å². The third-order valence-electron chi connectivity index (χ3n) is 2.83. The molecule has 0 saturated carbocycles. The highest BCUT2D eigenvalue weighted by Crippen LogP contribution is 2.50. The van der Waals surface area contributed by atoms with Gasteiger partial charge in [-0.1, -0.05) is 12.1 Å². The molecule has 0 bridgehead atoms. The molecule has 0 unspecified atom stereocenters. The van der Waals surface area contributed by atoms with E-state index in [2.05, 4.69) is 4.74 Å². The zero-order chi connectivity index (χ0) is 16.5. The van der Waals surface area contributed by atoms with E-state index in [-0.39, 0.29) is 12.5 Å². The van der Waals surface area contributed by atoms with Crippen molar-refractivity contribution in [2.24, 2.45) is 5.41 Å². The number of hydrogen-bond acceptors (Lipinski definition) is 2. The summed E-state index contributed by atoms with van der Waals surface area (Å²) in [5, 5.41) is 0. The average molecular weight is 318 g/mol. The van der Waals surface area contributed by atoms with Gasteiger partial charge >= 0.3 is 18.3 Å². The summed E-state index contributed by atoms with van der Waals surface area (Å²) in [5.41, 5.74) is -4.57. The molecule has 21 heavy (non-hydrogen) atoms. The first kappa shape index (κ1) is 17.3. The summed E-state index contributed by atoms with van der Waals surface area (Å²) in [5.74, 6) is -3.12. The first-order valence-corrected chi connectivity index (χ1v) is 5.44. The van der Waals surface area contributed by atoms with E-state index in [4.69, 9.17) is 0 Å². The Morgan fingerprint density at radius 3 is 1.81 bits per heavy atom. The number of benzene rings is 1. The van der Waals surface area contributed by atoms with Crippen LogP contribution in [0.4, 0.5) is 30.7 Å². The second kappa shape index (κ2) is 5.53. The van der Waals surface area contributed by atoms with E-state index in [1.165, 1.54) is 0 Å². The largest absolute Gasteiger partial charge is 0.460 e. The summed E-state index contributed by atoms with van der Waals surface area (Å²) in [4.78, 5) is 11.3. The summed E-state index contributed by atoms with van der Waals surface area (Å²) in [7, 11) is 0. The Labute approximate surface area is 114 Å². The van der Waals surface area contributed by atoms with Crippen molar-refractivity contribution in [3.8, 4) is 0 Å². The zero-order valence-corrected chi connectivity index (χ0v) is 10.5. The van der Waals surface area contributed by atoms with Gasteiger partial charge in [0.05, 0.1) is 0 Å². The molecule has 0 fully saturated rings. The van der Waals surface area contributed by atoms with Crippen LogP contribution >= 0.6 is 0 Å². The second-order valence-electron chi connectivity index (χ2n) is 4.32. The van der Waals surface area contributed by atoms with Gasteiger partial charge in [-0.05, 0) is 24.6 Å². The van der Waals surface area contributed by atoms with Gasteiger partial charge in [-0.3, -0.25) is 4.79 Å². The lowest BCUT2D eigenvalue weighted by molar-refractivity contribution is -0.326. The normalized spacial score (nSPS) is 13.1. The summed E-state index contributed by atoms with van der Waals surface area (Å²) >= 11 is 0. The number of hydrogen-bond donors (Lipinski definition) is 0. The summed E-state index contributed by atoms with van der Waals surface area (Å²) in [6.45, 7) is -1.12. The Balaban J connectivity index is 2.91. The van der Waals surface area contributed by atoms with Crippen molar-refractivity contribution in [2.75, 3.05) is 0 Å². The van der Waals surface area contributed by atoms with Gasteiger partial charge in [0.25, 0.3) is 5.41 Å². The fourth-order valence-corrected chi connectivity index (χ4v) is 1.27. The maximum absolute atomic E-state index is 12.6. The molecule has 0 aliphatic rings. The lowest BCUT2D eigenvalue weighted by Crippen LogP contribution is -2.54. The average Bonchev–Trinajstić information content (AvgIpc) is 2.34. The molecule has 0 aliphatic carbocycles. The van der Waals surface area contributed by atoms with Crippen LogP contribution in [0, 0.1) is 11.2 Å². The molecular formula is C12H9F7O2. The van der Waals surface area contributed by atoms with Gasteiger partial charge in [0.1, 0.15) is 12.4 Å². The van der Waals surface area contributed by atoms with Gasteiger partial charge in [-0.2, -0.15) is 26.3 Å². The highest BCUT2D eigenvalue weighted by molar-refractivity contribution is 5.78. The molecule has 118 valence electrons. The number of carbonyl (C=O) groups excluding carboxylic acids is 1. The molecule has 0 amide bonds. The fourth-order valence-electron chi connectivity index (χ4n) is 1.27. The third-order valence-corrected chi connectivity index (χ3v) is 2.83. The van der Waals surface area contributed by atoms with Crippen LogP contribution in [0.5, 0.6) is 0 Å². The Morgan fingerprint density at radius 1 is 1.00 bits per heavy atom. The van der Waals surface area contributed by atoms with E-state index in [1.54, 1.807) is 0 Å². The topological polar surface area (TPSA) is 26.3 Å². The van der Waals surface area contributed by atoms with E-state index in [9.17, 15) is 35.5 Å². The van der Waals surface area contributed by atoms with Gasteiger partial charge in [0.2, 0.25) is 0 Å². The van der Waals surface area contributed by atoms with Gasteiger partial charge in [0.15, 0.2) is 0 Å². The predicted octanol–water partition coefficient (Wildman–Crippen LogP) is 4.00. The van der Waals surface area contributed by atoms with Crippen LogP contribution in [0.25, 0.3) is 0 Å². The minimum atomic E-state index is -5.86. The maximum atomic E-state index is 12.6. The Bertz CT molecular complexity index is 488. The van der Waals surface area contributed by atoms with Crippen LogP contribution < -0.4 is 0 Å². The zero-order valence-electron chi connectivity index (χ0n) is 10.5.